The van der Waals surface area contributed by atoms with E-state index in [1.807, 2.05) is 6.92 Å². The number of nitrogens with zero attached hydrogens (tertiary/aromatic N) is 2. The van der Waals surface area contributed by atoms with Crippen molar-refractivity contribution in [3.05, 3.63) is 35.6 Å². The monoisotopic (exact) mass is 380 g/mol. The van der Waals surface area contributed by atoms with Gasteiger partial charge in [0.2, 0.25) is 11.0 Å². The quantitative estimate of drug-likeness (QED) is 0.715. The van der Waals surface area contributed by atoms with Gasteiger partial charge in [-0.05, 0) is 37.5 Å². The zero-order valence-electron chi connectivity index (χ0n) is 14.0. The highest BCUT2D eigenvalue weighted by Gasteiger charge is 2.22. The van der Waals surface area contributed by atoms with Crippen LogP contribution < -0.4 is 10.6 Å². The van der Waals surface area contributed by atoms with Crippen LogP contribution in [0.5, 0.6) is 0 Å². The maximum absolute atomic E-state index is 12.9. The Balaban J connectivity index is 1.47. The lowest BCUT2D eigenvalue weighted by atomic mass is 10.2. The Morgan fingerprint density at radius 2 is 2.04 bits per heavy atom. The molecule has 1 aromatic carbocycles. The van der Waals surface area contributed by atoms with Gasteiger partial charge < -0.3 is 10.6 Å². The molecule has 8 heteroatoms. The molecule has 1 aliphatic carbocycles. The van der Waals surface area contributed by atoms with E-state index in [0.29, 0.717) is 17.7 Å². The van der Waals surface area contributed by atoms with E-state index in [-0.39, 0.29) is 17.0 Å². The van der Waals surface area contributed by atoms with Gasteiger partial charge in [-0.25, -0.2) is 4.39 Å². The summed E-state index contributed by atoms with van der Waals surface area (Å²) >= 11 is 2.84. The highest BCUT2D eigenvalue weighted by atomic mass is 32.2. The van der Waals surface area contributed by atoms with Crippen LogP contribution in [0.25, 0.3) is 0 Å². The minimum absolute atomic E-state index is 0.0629. The number of hydrogen-bond acceptors (Lipinski definition) is 6. The SMILES string of the molecule is CC(Sc1nnc(NCc2ccc(F)cc2)s1)C(=O)NC1CCCC1. The number of benzene rings is 1. The fraction of sp³-hybridized carbons (Fsp3) is 0.471. The molecule has 3 rings (SSSR count). The molecule has 1 fully saturated rings. The number of halogens is 1. The number of carbonyl (C=O) groups excluding carboxylic acids is 1. The van der Waals surface area contributed by atoms with Gasteiger partial charge in [0, 0.05) is 12.6 Å². The Morgan fingerprint density at radius 3 is 2.76 bits per heavy atom. The summed E-state index contributed by atoms with van der Waals surface area (Å²) in [5.41, 5.74) is 0.968. The lowest BCUT2D eigenvalue weighted by Gasteiger charge is -2.15. The summed E-state index contributed by atoms with van der Waals surface area (Å²) in [6.45, 7) is 2.44. The van der Waals surface area contributed by atoms with Crippen molar-refractivity contribution in [1.29, 1.82) is 0 Å². The fourth-order valence-corrected chi connectivity index (χ4v) is 4.60. The van der Waals surface area contributed by atoms with E-state index in [2.05, 4.69) is 20.8 Å². The number of thioether (sulfide) groups is 1. The largest absolute Gasteiger partial charge is 0.356 e. The summed E-state index contributed by atoms with van der Waals surface area (Å²) in [6, 6.07) is 6.66. The van der Waals surface area contributed by atoms with E-state index in [9.17, 15) is 9.18 Å². The maximum Gasteiger partial charge on any atom is 0.233 e. The number of anilines is 1. The molecule has 1 aliphatic rings. The molecule has 134 valence electrons. The second-order valence-corrected chi connectivity index (χ2v) is 8.67. The van der Waals surface area contributed by atoms with E-state index < -0.39 is 0 Å². The Bertz CT molecular complexity index is 701. The van der Waals surface area contributed by atoms with Gasteiger partial charge in [-0.15, -0.1) is 10.2 Å². The molecule has 0 saturated heterocycles. The minimum Gasteiger partial charge on any atom is -0.356 e. The molecule has 0 bridgehead atoms. The van der Waals surface area contributed by atoms with Crippen LogP contribution in [0.1, 0.15) is 38.2 Å². The van der Waals surface area contributed by atoms with E-state index in [0.717, 1.165) is 22.7 Å². The molecule has 1 aromatic heterocycles. The normalized spacial score (nSPS) is 15.9. The summed E-state index contributed by atoms with van der Waals surface area (Å²) in [6.07, 6.45) is 4.57. The molecule has 1 saturated carbocycles. The van der Waals surface area contributed by atoms with Gasteiger partial charge in [0.15, 0.2) is 4.34 Å². The average molecular weight is 381 g/mol. The third-order valence-electron chi connectivity index (χ3n) is 4.11. The van der Waals surface area contributed by atoms with Crippen LogP contribution in [0.15, 0.2) is 28.6 Å². The zero-order valence-corrected chi connectivity index (χ0v) is 15.6. The van der Waals surface area contributed by atoms with Gasteiger partial charge in [-0.1, -0.05) is 48.1 Å². The van der Waals surface area contributed by atoms with Gasteiger partial charge >= 0.3 is 0 Å². The molecule has 0 radical (unpaired) electrons. The molecule has 5 nitrogen and oxygen atoms in total. The number of nitrogens with one attached hydrogen (secondary N) is 2. The zero-order chi connectivity index (χ0) is 17.6. The minimum atomic E-state index is -0.247. The number of carbonyl (C=O) groups is 1. The first-order chi connectivity index (χ1) is 12.1. The molecule has 2 aromatic rings. The van der Waals surface area contributed by atoms with Crippen molar-refractivity contribution in [2.24, 2.45) is 0 Å². The molecule has 0 spiro atoms. The van der Waals surface area contributed by atoms with Crippen molar-refractivity contribution in [1.82, 2.24) is 15.5 Å². The van der Waals surface area contributed by atoms with Crippen molar-refractivity contribution >= 4 is 34.1 Å². The van der Waals surface area contributed by atoms with Crippen LogP contribution in [0.2, 0.25) is 0 Å². The van der Waals surface area contributed by atoms with E-state index in [1.54, 1.807) is 12.1 Å². The lowest BCUT2D eigenvalue weighted by molar-refractivity contribution is -0.120. The topological polar surface area (TPSA) is 66.9 Å². The molecule has 1 unspecified atom stereocenters. The van der Waals surface area contributed by atoms with Crippen molar-refractivity contribution in [2.75, 3.05) is 5.32 Å². The summed E-state index contributed by atoms with van der Waals surface area (Å²) in [5, 5.41) is 15.0. The van der Waals surface area contributed by atoms with Crippen LogP contribution in [-0.2, 0) is 11.3 Å². The first-order valence-corrected chi connectivity index (χ1v) is 10.1. The standard InChI is InChI=1S/C17H21FN4OS2/c1-11(15(23)20-14-4-2-3-5-14)24-17-22-21-16(25-17)19-10-12-6-8-13(18)9-7-12/h6-9,11,14H,2-5,10H2,1H3,(H,19,21)(H,20,23). The van der Waals surface area contributed by atoms with Gasteiger partial charge in [0.1, 0.15) is 5.82 Å². The molecule has 0 aliphatic heterocycles. The summed E-state index contributed by atoms with van der Waals surface area (Å²) < 4.78 is 13.7. The van der Waals surface area contributed by atoms with E-state index in [4.69, 9.17) is 0 Å². The molecule has 1 atom stereocenters. The fourth-order valence-electron chi connectivity index (χ4n) is 2.70. The first kappa shape index (κ1) is 18.1. The van der Waals surface area contributed by atoms with Crippen molar-refractivity contribution < 1.29 is 9.18 Å². The third-order valence-corrected chi connectivity index (χ3v) is 6.18. The van der Waals surface area contributed by atoms with Gasteiger partial charge in [-0.3, -0.25) is 4.79 Å². The summed E-state index contributed by atoms with van der Waals surface area (Å²) in [7, 11) is 0. The Kier molecular flexibility index (Phi) is 6.25. The van der Waals surface area contributed by atoms with Gasteiger partial charge in [0.05, 0.1) is 5.25 Å². The number of rotatable bonds is 7. The molecule has 1 heterocycles. The molecule has 2 N–H and O–H groups in total. The van der Waals surface area contributed by atoms with E-state index >= 15 is 0 Å². The molecular formula is C17H21FN4OS2. The van der Waals surface area contributed by atoms with Crippen LogP contribution in [-0.4, -0.2) is 27.4 Å². The Labute approximate surface area is 154 Å². The molecule has 25 heavy (non-hydrogen) atoms. The summed E-state index contributed by atoms with van der Waals surface area (Å²) in [5.74, 6) is -0.184. The number of amides is 1. The number of hydrogen-bond donors (Lipinski definition) is 2. The first-order valence-electron chi connectivity index (χ1n) is 8.39. The summed E-state index contributed by atoms with van der Waals surface area (Å²) in [4.78, 5) is 12.2. The van der Waals surface area contributed by atoms with Gasteiger partial charge in [-0.2, -0.15) is 0 Å². The highest BCUT2D eigenvalue weighted by molar-refractivity contribution is 8.02. The van der Waals surface area contributed by atoms with Crippen LogP contribution in [0.4, 0.5) is 9.52 Å². The second-order valence-electron chi connectivity index (χ2n) is 6.10. The number of aromatic nitrogens is 2. The average Bonchev–Trinajstić information content (AvgIpc) is 3.26. The van der Waals surface area contributed by atoms with Crippen LogP contribution >= 0.6 is 23.1 Å². The van der Waals surface area contributed by atoms with Crippen molar-refractivity contribution in [2.45, 2.75) is 54.8 Å². The maximum atomic E-state index is 12.9. The predicted molar refractivity (Wildman–Crippen MR) is 99.4 cm³/mol. The Morgan fingerprint density at radius 1 is 1.32 bits per heavy atom. The second kappa shape index (κ2) is 8.62. The van der Waals surface area contributed by atoms with Crippen LogP contribution in [0, 0.1) is 5.82 Å². The van der Waals surface area contributed by atoms with Crippen LogP contribution in [0.3, 0.4) is 0 Å². The van der Waals surface area contributed by atoms with Crippen molar-refractivity contribution in [3.63, 3.8) is 0 Å². The highest BCUT2D eigenvalue weighted by Crippen LogP contribution is 2.29. The predicted octanol–water partition coefficient (Wildman–Crippen LogP) is 3.83. The Hall–Kier alpha value is -1.67. The molecule has 1 amide bonds. The molecular weight excluding hydrogens is 359 g/mol. The smallest absolute Gasteiger partial charge is 0.233 e. The van der Waals surface area contributed by atoms with Crippen molar-refractivity contribution in [3.8, 4) is 0 Å². The third kappa shape index (κ3) is 5.40. The lowest BCUT2D eigenvalue weighted by Crippen LogP contribution is -2.37. The van der Waals surface area contributed by atoms with Gasteiger partial charge in [0.25, 0.3) is 0 Å². The van der Waals surface area contributed by atoms with E-state index in [1.165, 1.54) is 48.1 Å².